The van der Waals surface area contributed by atoms with Crippen LogP contribution >= 0.6 is 11.3 Å². The molecule has 0 aliphatic rings. The van der Waals surface area contributed by atoms with Gasteiger partial charge in [0.2, 0.25) is 0 Å². The van der Waals surface area contributed by atoms with E-state index in [-0.39, 0.29) is 0 Å². The number of anilines is 1. The molecule has 1 aromatic heterocycles. The molecule has 0 aliphatic carbocycles. The lowest BCUT2D eigenvalue weighted by Crippen LogP contribution is -2.22. The molecule has 116 valence electrons. The first-order chi connectivity index (χ1) is 9.31. The molecule has 20 heavy (non-hydrogen) atoms. The summed E-state index contributed by atoms with van der Waals surface area (Å²) in [4.78, 5) is 8.54. The third-order valence-corrected chi connectivity index (χ3v) is 4.25. The van der Waals surface area contributed by atoms with Gasteiger partial charge in [-0.1, -0.05) is 41.5 Å². The molecule has 0 unspecified atom stereocenters. The minimum Gasteiger partial charge on any atom is -0.351 e. The van der Waals surface area contributed by atoms with Gasteiger partial charge in [-0.2, -0.15) is 0 Å². The number of aromatic nitrogens is 1. The van der Waals surface area contributed by atoms with Crippen molar-refractivity contribution in [3.63, 3.8) is 0 Å². The van der Waals surface area contributed by atoms with Gasteiger partial charge in [0.25, 0.3) is 0 Å². The molecule has 0 atom stereocenters. The molecule has 0 amide bonds. The number of hydrogen-bond donors (Lipinski definition) is 1. The molecule has 0 aliphatic heterocycles. The van der Waals surface area contributed by atoms with Gasteiger partial charge in [-0.15, -0.1) is 11.3 Å². The molecule has 0 saturated heterocycles. The van der Waals surface area contributed by atoms with Crippen molar-refractivity contribution in [3.8, 4) is 0 Å². The zero-order chi connectivity index (χ0) is 15.3. The lowest BCUT2D eigenvalue weighted by molar-refractivity contribution is 0.552. The van der Waals surface area contributed by atoms with Crippen LogP contribution in [-0.2, 0) is 6.54 Å². The van der Waals surface area contributed by atoms with Crippen molar-refractivity contribution in [2.75, 3.05) is 25.0 Å². The maximum Gasteiger partial charge on any atom is 0.185 e. The summed E-state index contributed by atoms with van der Waals surface area (Å²) in [6.45, 7) is 16.5. The van der Waals surface area contributed by atoms with Crippen LogP contribution in [0.1, 0.15) is 58.0 Å². The smallest absolute Gasteiger partial charge is 0.185 e. The quantitative estimate of drug-likeness (QED) is 0.783. The number of nitrogens with zero attached hydrogens (tertiary/aromatic N) is 2. The molecule has 1 N–H and O–H groups in total. The van der Waals surface area contributed by atoms with E-state index in [1.165, 1.54) is 10.6 Å². The van der Waals surface area contributed by atoms with Gasteiger partial charge in [0.05, 0.1) is 5.69 Å². The molecule has 0 radical (unpaired) electrons. The second-order valence-electron chi connectivity index (χ2n) is 6.76. The molecule has 1 aromatic rings. The second kappa shape index (κ2) is 7.99. The predicted molar refractivity (Wildman–Crippen MR) is 90.9 cm³/mol. The van der Waals surface area contributed by atoms with Crippen molar-refractivity contribution in [2.45, 2.75) is 54.0 Å². The Morgan fingerprint density at radius 2 is 1.75 bits per heavy atom. The van der Waals surface area contributed by atoms with Crippen molar-refractivity contribution >= 4 is 16.5 Å². The van der Waals surface area contributed by atoms with Gasteiger partial charge in [0.1, 0.15) is 0 Å². The topological polar surface area (TPSA) is 28.2 Å². The zero-order valence-corrected chi connectivity index (χ0v) is 15.0. The Bertz CT molecular complexity index is 396. The van der Waals surface area contributed by atoms with Gasteiger partial charge in [-0.3, -0.25) is 0 Å². The Labute approximate surface area is 128 Å². The maximum atomic E-state index is 4.86. The minimum atomic E-state index is 0.489. The highest BCUT2D eigenvalue weighted by Crippen LogP contribution is 2.30. The number of thiazole rings is 1. The van der Waals surface area contributed by atoms with Crippen LogP contribution < -0.4 is 10.2 Å². The first-order valence-electron chi connectivity index (χ1n) is 7.72. The Kier molecular flexibility index (Phi) is 6.96. The van der Waals surface area contributed by atoms with Crippen LogP contribution in [0.15, 0.2) is 0 Å². The molecule has 0 aromatic carbocycles. The van der Waals surface area contributed by atoms with E-state index in [1.807, 2.05) is 11.3 Å². The van der Waals surface area contributed by atoms with Crippen LogP contribution in [0, 0.1) is 11.8 Å². The molecular formula is C16H31N3S. The molecule has 0 bridgehead atoms. The molecule has 4 heteroatoms. The third-order valence-electron chi connectivity index (χ3n) is 3.07. The summed E-state index contributed by atoms with van der Waals surface area (Å²) < 4.78 is 0. The Hall–Kier alpha value is -0.610. The highest BCUT2D eigenvalue weighted by Gasteiger charge is 2.16. The lowest BCUT2D eigenvalue weighted by atomic mass is 10.1. The fourth-order valence-electron chi connectivity index (χ4n) is 2.19. The first kappa shape index (κ1) is 17.4. The highest BCUT2D eigenvalue weighted by atomic mass is 32.1. The third kappa shape index (κ3) is 5.41. The van der Waals surface area contributed by atoms with Gasteiger partial charge >= 0.3 is 0 Å². The summed E-state index contributed by atoms with van der Waals surface area (Å²) in [5, 5.41) is 4.70. The zero-order valence-electron chi connectivity index (χ0n) is 14.2. The Morgan fingerprint density at radius 1 is 1.10 bits per heavy atom. The van der Waals surface area contributed by atoms with E-state index in [2.05, 4.69) is 58.8 Å². The molecular weight excluding hydrogens is 266 g/mol. The van der Waals surface area contributed by atoms with Crippen LogP contribution in [-0.4, -0.2) is 25.1 Å². The largest absolute Gasteiger partial charge is 0.351 e. The Balaban J connectivity index is 2.79. The number of nitrogens with one attached hydrogen (secondary N) is 1. The summed E-state index contributed by atoms with van der Waals surface area (Å²) in [5.41, 5.74) is 1.26. The highest BCUT2D eigenvalue weighted by molar-refractivity contribution is 7.15. The van der Waals surface area contributed by atoms with Crippen LogP contribution in [0.25, 0.3) is 0 Å². The molecule has 0 saturated carbocycles. The van der Waals surface area contributed by atoms with Crippen LogP contribution in [0.4, 0.5) is 5.13 Å². The number of hydrogen-bond acceptors (Lipinski definition) is 4. The van der Waals surface area contributed by atoms with Crippen molar-refractivity contribution in [3.05, 3.63) is 10.6 Å². The number of rotatable bonds is 8. The fraction of sp³-hybridized carbons (Fsp3) is 0.812. The minimum absolute atomic E-state index is 0.489. The maximum absolute atomic E-state index is 4.86. The Morgan fingerprint density at radius 3 is 2.25 bits per heavy atom. The normalized spacial score (nSPS) is 11.9. The van der Waals surface area contributed by atoms with E-state index in [0.29, 0.717) is 17.8 Å². The first-order valence-corrected chi connectivity index (χ1v) is 8.54. The van der Waals surface area contributed by atoms with E-state index in [0.717, 1.165) is 24.8 Å². The van der Waals surface area contributed by atoms with Gasteiger partial charge in [-0.25, -0.2) is 4.98 Å². The summed E-state index contributed by atoms with van der Waals surface area (Å²) in [5.74, 6) is 1.84. The van der Waals surface area contributed by atoms with Crippen molar-refractivity contribution in [1.29, 1.82) is 0 Å². The van der Waals surface area contributed by atoms with Crippen molar-refractivity contribution < 1.29 is 0 Å². The van der Waals surface area contributed by atoms with Crippen LogP contribution in [0.2, 0.25) is 0 Å². The molecule has 0 fully saturated rings. The van der Waals surface area contributed by atoms with Crippen molar-refractivity contribution in [2.24, 2.45) is 11.8 Å². The lowest BCUT2D eigenvalue weighted by Gasteiger charge is -2.17. The summed E-state index contributed by atoms with van der Waals surface area (Å²) in [6.07, 6.45) is 0. The average molecular weight is 298 g/mol. The summed E-state index contributed by atoms with van der Waals surface area (Å²) in [7, 11) is 2.15. The van der Waals surface area contributed by atoms with E-state index in [4.69, 9.17) is 4.98 Å². The van der Waals surface area contributed by atoms with Gasteiger partial charge < -0.3 is 10.2 Å². The molecule has 0 spiro atoms. The van der Waals surface area contributed by atoms with E-state index in [1.54, 1.807) is 0 Å². The molecule has 1 heterocycles. The second-order valence-corrected chi connectivity index (χ2v) is 7.82. The van der Waals surface area contributed by atoms with Crippen LogP contribution in [0.5, 0.6) is 0 Å². The van der Waals surface area contributed by atoms with Crippen molar-refractivity contribution in [1.82, 2.24) is 10.3 Å². The molecule has 1 rings (SSSR count). The summed E-state index contributed by atoms with van der Waals surface area (Å²) in [6, 6.07) is 0. The van der Waals surface area contributed by atoms with Gasteiger partial charge in [0.15, 0.2) is 5.13 Å². The standard InChI is InChI=1S/C16H31N3S/c1-11(2)8-17-9-14-15(13(5)6)18-16(20-14)19(7)10-12(3)4/h11-13,17H,8-10H2,1-7H3. The van der Waals surface area contributed by atoms with E-state index < -0.39 is 0 Å². The van der Waals surface area contributed by atoms with E-state index >= 15 is 0 Å². The van der Waals surface area contributed by atoms with Crippen LogP contribution in [0.3, 0.4) is 0 Å². The predicted octanol–water partition coefficient (Wildman–Crippen LogP) is 4.10. The monoisotopic (exact) mass is 297 g/mol. The van der Waals surface area contributed by atoms with Gasteiger partial charge in [0, 0.05) is 25.0 Å². The fourth-order valence-corrected chi connectivity index (χ4v) is 3.35. The van der Waals surface area contributed by atoms with Gasteiger partial charge in [-0.05, 0) is 24.3 Å². The van der Waals surface area contributed by atoms with E-state index in [9.17, 15) is 0 Å². The SMILES string of the molecule is CC(C)CNCc1sc(N(C)CC(C)C)nc1C(C)C. The average Bonchev–Trinajstić information content (AvgIpc) is 2.72. The molecule has 3 nitrogen and oxygen atoms in total. The summed E-state index contributed by atoms with van der Waals surface area (Å²) >= 11 is 1.84.